The Morgan fingerprint density at radius 3 is 2.84 bits per heavy atom. The van der Waals surface area contributed by atoms with Gasteiger partial charge in [0.15, 0.2) is 0 Å². The number of hydrogen-bond donors (Lipinski definition) is 3. The van der Waals surface area contributed by atoms with Crippen LogP contribution in [0.5, 0.6) is 0 Å². The first kappa shape index (κ1) is 14.3. The number of aliphatic hydroxyl groups is 1. The molecule has 2 rings (SSSR count). The van der Waals surface area contributed by atoms with E-state index in [-0.39, 0.29) is 18.5 Å². The molecule has 5 heteroatoms. The van der Waals surface area contributed by atoms with Gasteiger partial charge in [0, 0.05) is 24.0 Å². The molecule has 0 radical (unpaired) electrons. The molecule has 0 bridgehead atoms. The van der Waals surface area contributed by atoms with Crippen LogP contribution in [-0.2, 0) is 4.79 Å². The average Bonchev–Trinajstić information content (AvgIpc) is 2.89. The number of amides is 1. The molecule has 0 spiro atoms. The number of hydrogen-bond acceptors (Lipinski definition) is 3. The number of carbonyl (C=O) groups excluding carboxylic acids is 1. The molecule has 1 aliphatic rings. The van der Waals surface area contributed by atoms with Gasteiger partial charge in [-0.3, -0.25) is 4.79 Å². The predicted octanol–water partition coefficient (Wildman–Crippen LogP) is 1.63. The van der Waals surface area contributed by atoms with E-state index in [0.29, 0.717) is 11.4 Å². The second kappa shape index (κ2) is 6.89. The summed E-state index contributed by atoms with van der Waals surface area (Å²) in [5, 5.41) is 16.6. The Bertz CT molecular complexity index is 416. The summed E-state index contributed by atoms with van der Waals surface area (Å²) in [5.41, 5.74) is 0.753. The van der Waals surface area contributed by atoms with Gasteiger partial charge < -0.3 is 15.7 Å². The van der Waals surface area contributed by atoms with Gasteiger partial charge in [0.1, 0.15) is 0 Å². The van der Waals surface area contributed by atoms with Crippen LogP contribution in [0.1, 0.15) is 30.9 Å². The molecule has 2 atom stereocenters. The molecule has 1 aliphatic heterocycles. The van der Waals surface area contributed by atoms with Gasteiger partial charge in [-0.15, -0.1) is 0 Å². The highest BCUT2D eigenvalue weighted by Gasteiger charge is 2.18. The van der Waals surface area contributed by atoms with Crippen molar-refractivity contribution in [1.82, 2.24) is 10.6 Å². The monoisotopic (exact) mass is 282 g/mol. The highest BCUT2D eigenvalue weighted by atomic mass is 35.5. The number of carbonyl (C=O) groups is 1. The molecule has 1 amide bonds. The van der Waals surface area contributed by atoms with Crippen LogP contribution < -0.4 is 10.6 Å². The molecule has 1 aromatic carbocycles. The lowest BCUT2D eigenvalue weighted by Gasteiger charge is -2.14. The first-order chi connectivity index (χ1) is 9.15. The van der Waals surface area contributed by atoms with Crippen LogP contribution in [0.2, 0.25) is 5.02 Å². The number of halogens is 1. The van der Waals surface area contributed by atoms with E-state index in [1.165, 1.54) is 0 Å². The SMILES string of the molecule is O=C(CC1CCCN1)NCC(O)c1ccc(Cl)cc1. The maximum Gasteiger partial charge on any atom is 0.221 e. The number of nitrogens with one attached hydrogen (secondary N) is 2. The minimum atomic E-state index is -0.697. The molecule has 1 heterocycles. The lowest BCUT2D eigenvalue weighted by atomic mass is 10.1. The van der Waals surface area contributed by atoms with Crippen LogP contribution in [0.15, 0.2) is 24.3 Å². The smallest absolute Gasteiger partial charge is 0.221 e. The molecule has 1 saturated heterocycles. The summed E-state index contributed by atoms with van der Waals surface area (Å²) in [6.07, 6.45) is 1.96. The first-order valence-electron chi connectivity index (χ1n) is 6.59. The Balaban J connectivity index is 1.74. The fraction of sp³-hybridized carbons (Fsp3) is 0.500. The third kappa shape index (κ3) is 4.49. The lowest BCUT2D eigenvalue weighted by Crippen LogP contribution is -2.34. The normalized spacial score (nSPS) is 20.2. The van der Waals surface area contributed by atoms with Crippen LogP contribution in [0, 0.1) is 0 Å². The molecular formula is C14H19ClN2O2. The number of rotatable bonds is 5. The molecule has 1 aromatic rings. The molecule has 19 heavy (non-hydrogen) atoms. The summed E-state index contributed by atoms with van der Waals surface area (Å²) in [4.78, 5) is 11.7. The van der Waals surface area contributed by atoms with Crippen LogP contribution in [0.3, 0.4) is 0 Å². The molecule has 104 valence electrons. The largest absolute Gasteiger partial charge is 0.387 e. The lowest BCUT2D eigenvalue weighted by molar-refractivity contribution is -0.122. The fourth-order valence-electron chi connectivity index (χ4n) is 2.24. The van der Waals surface area contributed by atoms with E-state index in [2.05, 4.69) is 10.6 Å². The summed E-state index contributed by atoms with van der Waals surface area (Å²) in [6, 6.07) is 7.26. The minimum absolute atomic E-state index is 0.0209. The Morgan fingerprint density at radius 1 is 1.47 bits per heavy atom. The van der Waals surface area contributed by atoms with E-state index in [1.807, 2.05) is 0 Å². The molecule has 4 nitrogen and oxygen atoms in total. The van der Waals surface area contributed by atoms with Crippen molar-refractivity contribution in [2.45, 2.75) is 31.4 Å². The quantitative estimate of drug-likeness (QED) is 0.769. The zero-order valence-electron chi connectivity index (χ0n) is 10.7. The highest BCUT2D eigenvalue weighted by Crippen LogP contribution is 2.16. The van der Waals surface area contributed by atoms with Gasteiger partial charge in [0.2, 0.25) is 5.91 Å². The highest BCUT2D eigenvalue weighted by molar-refractivity contribution is 6.30. The third-order valence-corrected chi connectivity index (χ3v) is 3.59. The first-order valence-corrected chi connectivity index (χ1v) is 6.96. The number of benzene rings is 1. The Labute approximate surface area is 118 Å². The van der Waals surface area contributed by atoms with Crippen LogP contribution in [0.4, 0.5) is 0 Å². The van der Waals surface area contributed by atoms with Crippen molar-refractivity contribution in [3.05, 3.63) is 34.9 Å². The van der Waals surface area contributed by atoms with E-state index in [0.717, 1.165) is 24.9 Å². The molecule has 1 fully saturated rings. The van der Waals surface area contributed by atoms with Crippen molar-refractivity contribution in [1.29, 1.82) is 0 Å². The van der Waals surface area contributed by atoms with Gasteiger partial charge in [0.25, 0.3) is 0 Å². The van der Waals surface area contributed by atoms with Gasteiger partial charge in [-0.25, -0.2) is 0 Å². The second-order valence-electron chi connectivity index (χ2n) is 4.87. The van der Waals surface area contributed by atoms with Crippen molar-refractivity contribution < 1.29 is 9.90 Å². The van der Waals surface area contributed by atoms with Crippen molar-refractivity contribution in [3.8, 4) is 0 Å². The van der Waals surface area contributed by atoms with Crippen molar-refractivity contribution in [2.24, 2.45) is 0 Å². The topological polar surface area (TPSA) is 61.4 Å². The van der Waals surface area contributed by atoms with Crippen LogP contribution >= 0.6 is 11.6 Å². The van der Waals surface area contributed by atoms with Gasteiger partial charge >= 0.3 is 0 Å². The minimum Gasteiger partial charge on any atom is -0.387 e. The standard InChI is InChI=1S/C14H19ClN2O2/c15-11-5-3-10(4-6-11)13(18)9-17-14(19)8-12-2-1-7-16-12/h3-6,12-13,16,18H,1-2,7-9H2,(H,17,19). The zero-order chi connectivity index (χ0) is 13.7. The molecule has 0 aliphatic carbocycles. The molecule has 0 aromatic heterocycles. The van der Waals surface area contributed by atoms with E-state index in [9.17, 15) is 9.90 Å². The second-order valence-corrected chi connectivity index (χ2v) is 5.31. The van der Waals surface area contributed by atoms with E-state index in [1.54, 1.807) is 24.3 Å². The predicted molar refractivity (Wildman–Crippen MR) is 75.1 cm³/mol. The van der Waals surface area contributed by atoms with Crippen molar-refractivity contribution >= 4 is 17.5 Å². The van der Waals surface area contributed by atoms with Crippen LogP contribution in [0.25, 0.3) is 0 Å². The summed E-state index contributed by atoms with van der Waals surface area (Å²) in [5.74, 6) is -0.0209. The van der Waals surface area contributed by atoms with Gasteiger partial charge in [-0.1, -0.05) is 23.7 Å². The van der Waals surface area contributed by atoms with E-state index >= 15 is 0 Å². The van der Waals surface area contributed by atoms with Crippen LogP contribution in [-0.4, -0.2) is 30.1 Å². The summed E-state index contributed by atoms with van der Waals surface area (Å²) in [7, 11) is 0. The fourth-order valence-corrected chi connectivity index (χ4v) is 2.37. The average molecular weight is 283 g/mol. The molecule has 0 saturated carbocycles. The maximum absolute atomic E-state index is 11.7. The van der Waals surface area contributed by atoms with Gasteiger partial charge in [-0.2, -0.15) is 0 Å². The molecule has 3 N–H and O–H groups in total. The number of aliphatic hydroxyl groups excluding tert-OH is 1. The van der Waals surface area contributed by atoms with Crippen molar-refractivity contribution in [3.63, 3.8) is 0 Å². The molecule has 2 unspecified atom stereocenters. The Kier molecular flexibility index (Phi) is 5.19. The summed E-state index contributed by atoms with van der Waals surface area (Å²) >= 11 is 5.78. The zero-order valence-corrected chi connectivity index (χ0v) is 11.5. The molecular weight excluding hydrogens is 264 g/mol. The van der Waals surface area contributed by atoms with Gasteiger partial charge in [-0.05, 0) is 37.1 Å². The maximum atomic E-state index is 11.7. The van der Waals surface area contributed by atoms with Crippen molar-refractivity contribution in [2.75, 3.05) is 13.1 Å². The van der Waals surface area contributed by atoms with E-state index < -0.39 is 6.10 Å². The summed E-state index contributed by atoms with van der Waals surface area (Å²) < 4.78 is 0. The third-order valence-electron chi connectivity index (χ3n) is 3.34. The van der Waals surface area contributed by atoms with E-state index in [4.69, 9.17) is 11.6 Å². The summed E-state index contributed by atoms with van der Waals surface area (Å²) in [6.45, 7) is 1.22. The Hall–Kier alpha value is -1.10. The van der Waals surface area contributed by atoms with Gasteiger partial charge in [0.05, 0.1) is 6.10 Å². The Morgan fingerprint density at radius 2 is 2.21 bits per heavy atom.